The zero-order valence-corrected chi connectivity index (χ0v) is 27.7. The zero-order valence-electron chi connectivity index (χ0n) is 27.7. The van der Waals surface area contributed by atoms with E-state index in [-0.39, 0.29) is 0 Å². The van der Waals surface area contributed by atoms with Crippen LogP contribution in [0.1, 0.15) is 151 Å². The first-order valence-electron chi connectivity index (χ1n) is 16.3. The lowest BCUT2D eigenvalue weighted by Gasteiger charge is -2.28. The number of hydrogen-bond acceptors (Lipinski definition) is 6. The first-order chi connectivity index (χ1) is 20.2. The van der Waals surface area contributed by atoms with Gasteiger partial charge < -0.3 is 18.9 Å². The van der Waals surface area contributed by atoms with Crippen LogP contribution in [0.5, 0.6) is 11.5 Å². The molecule has 0 N–H and O–H groups in total. The lowest BCUT2D eigenvalue weighted by Crippen LogP contribution is -2.27. The van der Waals surface area contributed by atoms with Gasteiger partial charge in [-0.05, 0) is 104 Å². The van der Waals surface area contributed by atoms with Crippen molar-refractivity contribution >= 4 is 12.3 Å². The molecule has 0 heterocycles. The van der Waals surface area contributed by atoms with E-state index < -0.39 is 23.5 Å². The summed E-state index contributed by atoms with van der Waals surface area (Å²) in [6.45, 7) is 15.2. The predicted molar refractivity (Wildman–Crippen MR) is 171 cm³/mol. The third-order valence-corrected chi connectivity index (χ3v) is 8.30. The average molecular weight is 593 g/mol. The minimum atomic E-state index is -0.702. The molecule has 43 heavy (non-hydrogen) atoms. The van der Waals surface area contributed by atoms with Gasteiger partial charge in [0, 0.05) is 17.5 Å². The summed E-state index contributed by atoms with van der Waals surface area (Å²) in [7, 11) is 0. The summed E-state index contributed by atoms with van der Waals surface area (Å²) < 4.78 is 23.4. The standard InChI is InChI=1S/C37H52O6/c1-24-19-28(32(40-34(38)42-36(3,4)5)30(21-24)26-15-11-9-12-16-26)23-29-20-25(2)22-31(27-17-13-10-14-18-27)33(29)41-35(39)43-37(6,7)8/h19-22,26-27H,9-18,23H2,1-8H3. The van der Waals surface area contributed by atoms with Gasteiger partial charge in [0.15, 0.2) is 0 Å². The lowest BCUT2D eigenvalue weighted by atomic mass is 9.80. The maximum absolute atomic E-state index is 13.1. The van der Waals surface area contributed by atoms with Gasteiger partial charge in [0.25, 0.3) is 0 Å². The Morgan fingerprint density at radius 3 is 1.28 bits per heavy atom. The second-order valence-electron chi connectivity index (χ2n) is 14.7. The molecule has 0 bridgehead atoms. The molecule has 6 heteroatoms. The third-order valence-electron chi connectivity index (χ3n) is 8.30. The topological polar surface area (TPSA) is 71.1 Å². The summed E-state index contributed by atoms with van der Waals surface area (Å²) in [5.41, 5.74) is 4.79. The molecule has 2 aliphatic rings. The highest BCUT2D eigenvalue weighted by Crippen LogP contribution is 2.44. The number of hydrogen-bond donors (Lipinski definition) is 0. The number of ether oxygens (including phenoxy) is 4. The normalized spacial score (nSPS) is 16.9. The van der Waals surface area contributed by atoms with Gasteiger partial charge in [-0.15, -0.1) is 0 Å². The zero-order chi connectivity index (χ0) is 31.4. The van der Waals surface area contributed by atoms with Crippen molar-refractivity contribution < 1.29 is 28.5 Å². The van der Waals surface area contributed by atoms with Crippen molar-refractivity contribution in [2.45, 2.75) is 149 Å². The molecule has 2 aliphatic carbocycles. The average Bonchev–Trinajstić information content (AvgIpc) is 2.90. The number of rotatable bonds is 6. The minimum absolute atomic E-state index is 0.317. The van der Waals surface area contributed by atoms with Crippen LogP contribution < -0.4 is 9.47 Å². The molecule has 0 radical (unpaired) electrons. The molecule has 0 aromatic heterocycles. The molecule has 0 spiro atoms. The van der Waals surface area contributed by atoms with Crippen molar-refractivity contribution in [1.29, 1.82) is 0 Å². The molecule has 0 saturated heterocycles. The van der Waals surface area contributed by atoms with E-state index >= 15 is 0 Å². The number of carbonyl (C=O) groups is 2. The van der Waals surface area contributed by atoms with Crippen LogP contribution in [0.15, 0.2) is 24.3 Å². The molecule has 236 valence electrons. The summed E-state index contributed by atoms with van der Waals surface area (Å²) >= 11 is 0. The van der Waals surface area contributed by atoms with E-state index in [9.17, 15) is 9.59 Å². The maximum atomic E-state index is 13.1. The number of benzene rings is 2. The molecule has 0 amide bonds. The molecule has 0 unspecified atom stereocenters. The Morgan fingerprint density at radius 2 is 0.953 bits per heavy atom. The lowest BCUT2D eigenvalue weighted by molar-refractivity contribution is 0.0190. The van der Waals surface area contributed by atoms with Crippen LogP contribution in [-0.2, 0) is 15.9 Å². The minimum Gasteiger partial charge on any atom is -0.428 e. The van der Waals surface area contributed by atoms with Gasteiger partial charge in [-0.1, -0.05) is 73.9 Å². The molecular weight excluding hydrogens is 540 g/mol. The van der Waals surface area contributed by atoms with Crippen LogP contribution in [0.2, 0.25) is 0 Å². The van der Waals surface area contributed by atoms with Crippen LogP contribution in [0.4, 0.5) is 9.59 Å². The van der Waals surface area contributed by atoms with E-state index in [1.807, 2.05) is 41.5 Å². The molecule has 2 aromatic carbocycles. The van der Waals surface area contributed by atoms with Crippen molar-refractivity contribution in [3.8, 4) is 11.5 Å². The van der Waals surface area contributed by atoms with Crippen LogP contribution in [-0.4, -0.2) is 23.5 Å². The van der Waals surface area contributed by atoms with Crippen LogP contribution in [0, 0.1) is 13.8 Å². The second-order valence-corrected chi connectivity index (χ2v) is 14.7. The monoisotopic (exact) mass is 592 g/mol. The molecule has 4 rings (SSSR count). The highest BCUT2D eigenvalue weighted by molar-refractivity contribution is 5.69. The molecule has 2 aromatic rings. The Labute approximate surface area is 258 Å². The number of aryl methyl sites for hydroxylation is 2. The van der Waals surface area contributed by atoms with Crippen LogP contribution in [0.3, 0.4) is 0 Å². The second kappa shape index (κ2) is 13.7. The van der Waals surface area contributed by atoms with E-state index in [4.69, 9.17) is 18.9 Å². The fourth-order valence-electron chi connectivity index (χ4n) is 6.62. The number of carbonyl (C=O) groups excluding carboxylic acids is 2. The van der Waals surface area contributed by atoms with E-state index in [2.05, 4.69) is 38.1 Å². The Kier molecular flexibility index (Phi) is 10.5. The van der Waals surface area contributed by atoms with Gasteiger partial charge in [-0.3, -0.25) is 0 Å². The van der Waals surface area contributed by atoms with Crippen molar-refractivity contribution in [3.05, 3.63) is 57.6 Å². The first-order valence-corrected chi connectivity index (χ1v) is 16.3. The van der Waals surface area contributed by atoms with Gasteiger partial charge in [-0.2, -0.15) is 0 Å². The highest BCUT2D eigenvalue weighted by Gasteiger charge is 2.29. The van der Waals surface area contributed by atoms with E-state index in [1.54, 1.807) is 0 Å². The molecule has 0 aliphatic heterocycles. The SMILES string of the molecule is Cc1cc(Cc2cc(C)cc(C3CCCCC3)c2OC(=O)OC(C)(C)C)c(OC(=O)OC(C)(C)C)c(C2CCCCC2)c1. The van der Waals surface area contributed by atoms with E-state index in [0.29, 0.717) is 29.8 Å². The quantitative estimate of drug-likeness (QED) is 0.245. The maximum Gasteiger partial charge on any atom is 0.514 e. The molecule has 0 atom stereocenters. The van der Waals surface area contributed by atoms with Gasteiger partial charge in [0.1, 0.15) is 22.7 Å². The Bertz CT molecular complexity index is 1180. The van der Waals surface area contributed by atoms with Gasteiger partial charge in [0.2, 0.25) is 0 Å². The van der Waals surface area contributed by atoms with Gasteiger partial charge in [0.05, 0.1) is 0 Å². The molecular formula is C37H52O6. The third kappa shape index (κ3) is 9.48. The Morgan fingerprint density at radius 1 is 0.605 bits per heavy atom. The molecule has 6 nitrogen and oxygen atoms in total. The van der Waals surface area contributed by atoms with Crippen LogP contribution >= 0.6 is 0 Å². The van der Waals surface area contributed by atoms with Gasteiger partial charge in [-0.25, -0.2) is 9.59 Å². The summed E-state index contributed by atoms with van der Waals surface area (Å²) in [6.07, 6.45) is 10.4. The fourth-order valence-corrected chi connectivity index (χ4v) is 6.62. The summed E-state index contributed by atoms with van der Waals surface area (Å²) in [5, 5.41) is 0. The van der Waals surface area contributed by atoms with Gasteiger partial charge >= 0.3 is 12.3 Å². The fraction of sp³-hybridized carbons (Fsp3) is 0.622. The first kappa shape index (κ1) is 32.9. The smallest absolute Gasteiger partial charge is 0.428 e. The van der Waals surface area contributed by atoms with E-state index in [0.717, 1.165) is 84.7 Å². The Hall–Kier alpha value is -3.02. The van der Waals surface area contributed by atoms with Crippen molar-refractivity contribution in [3.63, 3.8) is 0 Å². The van der Waals surface area contributed by atoms with Crippen molar-refractivity contribution in [2.24, 2.45) is 0 Å². The van der Waals surface area contributed by atoms with Crippen molar-refractivity contribution in [1.82, 2.24) is 0 Å². The largest absolute Gasteiger partial charge is 0.514 e. The van der Waals surface area contributed by atoms with Crippen molar-refractivity contribution in [2.75, 3.05) is 0 Å². The highest BCUT2D eigenvalue weighted by atomic mass is 16.7. The summed E-state index contributed by atoms with van der Waals surface area (Å²) in [4.78, 5) is 26.2. The summed E-state index contributed by atoms with van der Waals surface area (Å²) in [5.74, 6) is 1.79. The Balaban J connectivity index is 1.82. The van der Waals surface area contributed by atoms with Crippen LogP contribution in [0.25, 0.3) is 0 Å². The summed E-state index contributed by atoms with van der Waals surface area (Å²) in [6, 6.07) is 8.51. The predicted octanol–water partition coefficient (Wildman–Crippen LogP) is 10.6. The van der Waals surface area contributed by atoms with E-state index in [1.165, 1.54) is 12.8 Å². The molecule has 2 fully saturated rings. The molecule has 2 saturated carbocycles.